The lowest BCUT2D eigenvalue weighted by molar-refractivity contribution is -0.127. The van der Waals surface area contributed by atoms with Crippen LogP contribution >= 0.6 is 39.0 Å². The zero-order valence-electron chi connectivity index (χ0n) is 17.1. The Labute approximate surface area is 211 Å². The second kappa shape index (κ2) is 10.1. The molecule has 0 bridgehead atoms. The first-order valence-electron chi connectivity index (χ1n) is 9.54. The summed E-state index contributed by atoms with van der Waals surface area (Å²) in [6.07, 6.45) is 3.07. The van der Waals surface area contributed by atoms with Crippen LogP contribution in [-0.2, 0) is 19.6 Å². The molecule has 2 aromatic carbocycles. The second-order valence-corrected chi connectivity index (χ2v) is 11.3. The number of thiazole rings is 1. The molecule has 2 N–H and O–H groups in total. The largest absolute Gasteiger partial charge is 0.325 e. The van der Waals surface area contributed by atoms with E-state index in [0.717, 1.165) is 38.0 Å². The highest BCUT2D eigenvalue weighted by atomic mass is 79.9. The van der Waals surface area contributed by atoms with E-state index in [9.17, 15) is 22.8 Å². The van der Waals surface area contributed by atoms with E-state index in [-0.39, 0.29) is 14.9 Å². The first kappa shape index (κ1) is 24.1. The Morgan fingerprint density at radius 2 is 1.79 bits per heavy atom. The van der Waals surface area contributed by atoms with Gasteiger partial charge in [-0.2, -0.15) is 0 Å². The molecule has 1 aliphatic rings. The molecule has 1 aliphatic heterocycles. The monoisotopic (exact) mass is 578 g/mol. The molecule has 9 nitrogen and oxygen atoms in total. The van der Waals surface area contributed by atoms with Crippen molar-refractivity contribution in [3.05, 3.63) is 75.0 Å². The fourth-order valence-corrected chi connectivity index (χ4v) is 5.75. The van der Waals surface area contributed by atoms with Gasteiger partial charge < -0.3 is 5.32 Å². The standard InChI is InChI=1S/C21H15BrN4O5S3/c22-14-3-1-13(2-4-14)11-17-19(28)26(21(29)33-17)12-18(27)24-15-5-7-16(8-6-15)34(30,31)25-20-23-9-10-32-20/h1-11H,12H2,(H,23,25)(H,24,27)/b17-11-. The molecule has 0 saturated carbocycles. The number of benzene rings is 2. The van der Waals surface area contributed by atoms with Crippen molar-refractivity contribution in [1.82, 2.24) is 9.88 Å². The van der Waals surface area contributed by atoms with E-state index < -0.39 is 33.6 Å². The number of carbonyl (C=O) groups excluding carboxylic acids is 3. The van der Waals surface area contributed by atoms with E-state index in [0.29, 0.717) is 5.69 Å². The lowest BCUT2D eigenvalue weighted by Gasteiger charge is -2.13. The summed E-state index contributed by atoms with van der Waals surface area (Å²) in [6.45, 7) is -0.464. The van der Waals surface area contributed by atoms with Gasteiger partial charge in [-0.3, -0.25) is 24.0 Å². The first-order valence-corrected chi connectivity index (χ1v) is 13.5. The Hall–Kier alpha value is -3.00. The smallest absolute Gasteiger partial charge is 0.294 e. The number of halogens is 1. The van der Waals surface area contributed by atoms with Crippen LogP contribution in [-0.4, -0.2) is 41.9 Å². The molecule has 174 valence electrons. The zero-order valence-corrected chi connectivity index (χ0v) is 21.1. The van der Waals surface area contributed by atoms with Crippen LogP contribution in [0.2, 0.25) is 0 Å². The van der Waals surface area contributed by atoms with Crippen molar-refractivity contribution < 1.29 is 22.8 Å². The summed E-state index contributed by atoms with van der Waals surface area (Å²) in [5.74, 6) is -1.15. The molecule has 4 rings (SSSR count). The molecule has 1 saturated heterocycles. The number of aromatic nitrogens is 1. The fourth-order valence-electron chi connectivity index (χ4n) is 2.86. The topological polar surface area (TPSA) is 126 Å². The lowest BCUT2D eigenvalue weighted by atomic mass is 10.2. The van der Waals surface area contributed by atoms with Crippen molar-refractivity contribution in [3.63, 3.8) is 0 Å². The van der Waals surface area contributed by atoms with Crippen LogP contribution in [0.25, 0.3) is 6.08 Å². The molecule has 0 aliphatic carbocycles. The summed E-state index contributed by atoms with van der Waals surface area (Å²) < 4.78 is 28.0. The Morgan fingerprint density at radius 3 is 2.44 bits per heavy atom. The number of amides is 3. The normalized spacial score (nSPS) is 15.1. The molecule has 0 unspecified atom stereocenters. The maximum Gasteiger partial charge on any atom is 0.294 e. The average molecular weight is 579 g/mol. The number of anilines is 2. The molecule has 1 aromatic heterocycles. The molecule has 13 heteroatoms. The number of hydrogen-bond acceptors (Lipinski definition) is 8. The highest BCUT2D eigenvalue weighted by molar-refractivity contribution is 9.10. The molecular formula is C21H15BrN4O5S3. The van der Waals surface area contributed by atoms with Gasteiger partial charge in [-0.1, -0.05) is 28.1 Å². The molecule has 1 fully saturated rings. The van der Waals surface area contributed by atoms with Gasteiger partial charge in [-0.25, -0.2) is 13.4 Å². The van der Waals surface area contributed by atoms with E-state index in [1.807, 2.05) is 12.1 Å². The number of thioether (sulfide) groups is 1. The minimum absolute atomic E-state index is 0.00952. The summed E-state index contributed by atoms with van der Waals surface area (Å²) in [5.41, 5.74) is 1.06. The number of rotatable bonds is 7. The Bertz CT molecular complexity index is 1370. The van der Waals surface area contributed by atoms with E-state index >= 15 is 0 Å². The quantitative estimate of drug-likeness (QED) is 0.398. The molecule has 2 heterocycles. The van der Waals surface area contributed by atoms with Gasteiger partial charge in [0.15, 0.2) is 5.13 Å². The maximum atomic E-state index is 12.6. The van der Waals surface area contributed by atoms with Gasteiger partial charge in [0.25, 0.3) is 21.2 Å². The maximum absolute atomic E-state index is 12.6. The van der Waals surface area contributed by atoms with Crippen molar-refractivity contribution in [1.29, 1.82) is 0 Å². The number of nitrogens with zero attached hydrogens (tertiary/aromatic N) is 2. The number of carbonyl (C=O) groups is 3. The number of nitrogens with one attached hydrogen (secondary N) is 2. The molecule has 3 aromatic rings. The predicted octanol–water partition coefficient (Wildman–Crippen LogP) is 4.38. The molecule has 0 radical (unpaired) electrons. The van der Waals surface area contributed by atoms with Crippen LogP contribution < -0.4 is 10.0 Å². The van der Waals surface area contributed by atoms with E-state index in [1.165, 1.54) is 30.5 Å². The third-order valence-corrected chi connectivity index (χ3v) is 8.05. The Morgan fingerprint density at radius 1 is 1.09 bits per heavy atom. The van der Waals surface area contributed by atoms with Gasteiger partial charge in [0, 0.05) is 21.7 Å². The van der Waals surface area contributed by atoms with Gasteiger partial charge in [-0.15, -0.1) is 11.3 Å². The van der Waals surface area contributed by atoms with E-state index in [4.69, 9.17) is 0 Å². The molecule has 3 amide bonds. The van der Waals surface area contributed by atoms with Crippen molar-refractivity contribution in [2.75, 3.05) is 16.6 Å². The van der Waals surface area contributed by atoms with Crippen molar-refractivity contribution in [2.24, 2.45) is 0 Å². The number of sulfonamides is 1. The van der Waals surface area contributed by atoms with Crippen LogP contribution in [0, 0.1) is 0 Å². The second-order valence-electron chi connectivity index (χ2n) is 6.83. The average Bonchev–Trinajstić information content (AvgIpc) is 3.39. The fraction of sp³-hybridized carbons (Fsp3) is 0.0476. The van der Waals surface area contributed by atoms with E-state index in [2.05, 4.69) is 31.0 Å². The van der Waals surface area contributed by atoms with Crippen molar-refractivity contribution in [2.45, 2.75) is 4.90 Å². The van der Waals surface area contributed by atoms with E-state index in [1.54, 1.807) is 23.6 Å². The van der Waals surface area contributed by atoms with Crippen molar-refractivity contribution >= 4 is 83.0 Å². The first-order chi connectivity index (χ1) is 16.2. The minimum Gasteiger partial charge on any atom is -0.325 e. The zero-order chi connectivity index (χ0) is 24.3. The molecule has 34 heavy (non-hydrogen) atoms. The summed E-state index contributed by atoms with van der Waals surface area (Å²) in [5, 5.41) is 3.90. The molecule has 0 spiro atoms. The minimum atomic E-state index is -3.82. The Kier molecular flexibility index (Phi) is 7.16. The van der Waals surface area contributed by atoms with Crippen LogP contribution in [0.1, 0.15) is 5.56 Å². The number of hydrogen-bond donors (Lipinski definition) is 2. The van der Waals surface area contributed by atoms with Crippen molar-refractivity contribution in [3.8, 4) is 0 Å². The highest BCUT2D eigenvalue weighted by Gasteiger charge is 2.36. The van der Waals surface area contributed by atoms with Crippen LogP contribution in [0.3, 0.4) is 0 Å². The van der Waals surface area contributed by atoms with Gasteiger partial charge in [0.05, 0.1) is 9.80 Å². The molecule has 0 atom stereocenters. The van der Waals surface area contributed by atoms with Gasteiger partial charge in [0.2, 0.25) is 5.91 Å². The third kappa shape index (κ3) is 5.73. The summed E-state index contributed by atoms with van der Waals surface area (Å²) in [4.78, 5) is 42.3. The van der Waals surface area contributed by atoms with Crippen LogP contribution in [0.5, 0.6) is 0 Å². The summed E-state index contributed by atoms with van der Waals surface area (Å²) in [6, 6.07) is 12.7. The highest BCUT2D eigenvalue weighted by Crippen LogP contribution is 2.32. The summed E-state index contributed by atoms with van der Waals surface area (Å²) >= 11 is 5.24. The number of imide groups is 1. The lowest BCUT2D eigenvalue weighted by Crippen LogP contribution is -2.36. The third-order valence-electron chi connectivity index (χ3n) is 4.45. The van der Waals surface area contributed by atoms with Gasteiger partial charge >= 0.3 is 0 Å². The summed E-state index contributed by atoms with van der Waals surface area (Å²) in [7, 11) is -3.82. The molecular weight excluding hydrogens is 564 g/mol. The van der Waals surface area contributed by atoms with Crippen LogP contribution in [0.4, 0.5) is 15.6 Å². The SMILES string of the molecule is O=C(CN1C(=O)S/C(=C\c2ccc(Br)cc2)C1=O)Nc1ccc(S(=O)(=O)Nc2nccs2)cc1. The predicted molar refractivity (Wildman–Crippen MR) is 135 cm³/mol. The van der Waals surface area contributed by atoms with Gasteiger partial charge in [-0.05, 0) is 59.8 Å². The van der Waals surface area contributed by atoms with Gasteiger partial charge in [0.1, 0.15) is 6.54 Å². The van der Waals surface area contributed by atoms with Crippen LogP contribution in [0.15, 0.2) is 74.4 Å². The Balaban J connectivity index is 1.38.